The molecule has 1 unspecified atom stereocenters. The maximum Gasteiger partial charge on any atom is 0.411 e. The van der Waals surface area contributed by atoms with Crippen molar-refractivity contribution in [1.29, 1.82) is 0 Å². The minimum absolute atomic E-state index is 0.0787. The van der Waals surface area contributed by atoms with Crippen molar-refractivity contribution < 1.29 is 17.9 Å². The molecule has 1 aromatic heterocycles. The van der Waals surface area contributed by atoms with E-state index in [1.165, 1.54) is 35.7 Å². The summed E-state index contributed by atoms with van der Waals surface area (Å²) in [5.41, 5.74) is 2.17. The van der Waals surface area contributed by atoms with E-state index in [1.807, 2.05) is 36.5 Å². The molecular formula is C20H21N5O4S. The highest BCUT2D eigenvalue weighted by molar-refractivity contribution is 7.89. The second kappa shape index (κ2) is 8.25. The largest absolute Gasteiger partial charge is 0.453 e. The highest BCUT2D eigenvalue weighted by Crippen LogP contribution is 2.28. The minimum atomic E-state index is -3.65. The van der Waals surface area contributed by atoms with E-state index in [2.05, 4.69) is 20.4 Å². The highest BCUT2D eigenvalue weighted by atomic mass is 32.2. The molecule has 9 nitrogen and oxygen atoms in total. The van der Waals surface area contributed by atoms with Crippen molar-refractivity contribution in [3.63, 3.8) is 0 Å². The van der Waals surface area contributed by atoms with Gasteiger partial charge in [-0.15, -0.1) is 5.10 Å². The Bertz CT molecular complexity index is 1130. The van der Waals surface area contributed by atoms with E-state index in [1.54, 1.807) is 4.68 Å². The summed E-state index contributed by atoms with van der Waals surface area (Å²) in [4.78, 5) is 11.4. The molecule has 4 rings (SSSR count). The summed E-state index contributed by atoms with van der Waals surface area (Å²) in [7, 11) is -2.39. The molecule has 2 heterocycles. The summed E-state index contributed by atoms with van der Waals surface area (Å²) in [6.07, 6.45) is 1.89. The quantitative estimate of drug-likeness (QED) is 0.671. The molecule has 30 heavy (non-hydrogen) atoms. The van der Waals surface area contributed by atoms with Gasteiger partial charge in [0.25, 0.3) is 0 Å². The van der Waals surface area contributed by atoms with E-state index >= 15 is 0 Å². The lowest BCUT2D eigenvalue weighted by Gasteiger charge is -2.17. The number of amides is 1. The zero-order valence-corrected chi connectivity index (χ0v) is 17.1. The van der Waals surface area contributed by atoms with E-state index in [9.17, 15) is 13.2 Å². The van der Waals surface area contributed by atoms with Crippen LogP contribution in [-0.4, -0.2) is 54.0 Å². The molecule has 1 N–H and O–H groups in total. The van der Waals surface area contributed by atoms with Gasteiger partial charge < -0.3 is 4.74 Å². The number of aromatic nitrogens is 3. The Labute approximate surface area is 174 Å². The molecule has 1 saturated heterocycles. The first-order valence-electron chi connectivity index (χ1n) is 9.40. The van der Waals surface area contributed by atoms with Crippen LogP contribution in [0.25, 0.3) is 11.3 Å². The number of anilines is 1. The monoisotopic (exact) mass is 427 g/mol. The number of hydrogen-bond donors (Lipinski definition) is 1. The van der Waals surface area contributed by atoms with Gasteiger partial charge in [0, 0.05) is 24.3 Å². The van der Waals surface area contributed by atoms with Crippen molar-refractivity contribution in [3.8, 4) is 11.3 Å². The first kappa shape index (κ1) is 20.0. The van der Waals surface area contributed by atoms with Crippen LogP contribution in [-0.2, 0) is 14.8 Å². The summed E-state index contributed by atoms with van der Waals surface area (Å²) >= 11 is 0. The van der Waals surface area contributed by atoms with E-state index in [-0.39, 0.29) is 10.9 Å². The minimum Gasteiger partial charge on any atom is -0.453 e. The van der Waals surface area contributed by atoms with E-state index in [0.29, 0.717) is 25.2 Å². The number of ether oxygens (including phenoxy) is 1. The van der Waals surface area contributed by atoms with Crippen LogP contribution in [0.15, 0.2) is 65.7 Å². The van der Waals surface area contributed by atoms with Gasteiger partial charge in [0.1, 0.15) is 5.69 Å². The predicted molar refractivity (Wildman–Crippen MR) is 110 cm³/mol. The molecule has 0 spiro atoms. The summed E-state index contributed by atoms with van der Waals surface area (Å²) in [6, 6.07) is 15.6. The molecule has 2 aromatic carbocycles. The zero-order chi connectivity index (χ0) is 21.1. The van der Waals surface area contributed by atoms with Crippen molar-refractivity contribution in [1.82, 2.24) is 19.3 Å². The number of carbonyl (C=O) groups excluding carboxylic acids is 1. The molecule has 1 amide bonds. The average Bonchev–Trinajstić information content (AvgIpc) is 3.45. The van der Waals surface area contributed by atoms with Gasteiger partial charge in [-0.3, -0.25) is 5.32 Å². The number of sulfonamides is 1. The van der Waals surface area contributed by atoms with Gasteiger partial charge in [0.15, 0.2) is 0 Å². The molecule has 1 atom stereocenters. The SMILES string of the molecule is COC(=O)Nc1ccc(S(=O)(=O)N2CCC(n3cc(-c4ccccc4)nn3)C2)cc1. The number of carbonyl (C=O) groups is 1. The number of rotatable bonds is 5. The molecule has 0 saturated carbocycles. The summed E-state index contributed by atoms with van der Waals surface area (Å²) in [5.74, 6) is 0. The first-order chi connectivity index (χ1) is 14.5. The Balaban J connectivity index is 1.46. The molecule has 10 heteroatoms. The van der Waals surface area contributed by atoms with Crippen LogP contribution in [0.3, 0.4) is 0 Å². The van der Waals surface area contributed by atoms with Crippen molar-refractivity contribution in [3.05, 3.63) is 60.8 Å². The van der Waals surface area contributed by atoms with Gasteiger partial charge in [-0.1, -0.05) is 35.5 Å². The fourth-order valence-electron chi connectivity index (χ4n) is 3.37. The summed E-state index contributed by atoms with van der Waals surface area (Å²) in [6.45, 7) is 0.720. The summed E-state index contributed by atoms with van der Waals surface area (Å²) < 4.78 is 33.7. The number of nitrogens with zero attached hydrogens (tertiary/aromatic N) is 4. The Morgan fingerprint density at radius 1 is 1.13 bits per heavy atom. The fourth-order valence-corrected chi connectivity index (χ4v) is 4.86. The van der Waals surface area contributed by atoms with Gasteiger partial charge in [-0.25, -0.2) is 17.9 Å². The van der Waals surface area contributed by atoms with Gasteiger partial charge in [0.2, 0.25) is 10.0 Å². The van der Waals surface area contributed by atoms with Crippen LogP contribution in [0.4, 0.5) is 10.5 Å². The molecular weight excluding hydrogens is 406 g/mol. The molecule has 1 aliphatic rings. The van der Waals surface area contributed by atoms with Crippen molar-refractivity contribution >= 4 is 21.8 Å². The maximum atomic E-state index is 13.0. The second-order valence-corrected chi connectivity index (χ2v) is 8.83. The fraction of sp³-hybridized carbons (Fsp3) is 0.250. The van der Waals surface area contributed by atoms with Gasteiger partial charge >= 0.3 is 6.09 Å². The van der Waals surface area contributed by atoms with Crippen molar-refractivity contribution in [2.75, 3.05) is 25.5 Å². The topological polar surface area (TPSA) is 106 Å². The van der Waals surface area contributed by atoms with E-state index < -0.39 is 16.1 Å². The van der Waals surface area contributed by atoms with Crippen molar-refractivity contribution in [2.24, 2.45) is 0 Å². The lowest BCUT2D eigenvalue weighted by Crippen LogP contribution is -2.29. The summed E-state index contributed by atoms with van der Waals surface area (Å²) in [5, 5.41) is 10.9. The van der Waals surface area contributed by atoms with Crippen LogP contribution in [0.1, 0.15) is 12.5 Å². The molecule has 1 aliphatic heterocycles. The van der Waals surface area contributed by atoms with Crippen LogP contribution in [0.2, 0.25) is 0 Å². The van der Waals surface area contributed by atoms with E-state index in [0.717, 1.165) is 11.3 Å². The Kier molecular flexibility index (Phi) is 5.51. The number of benzene rings is 2. The van der Waals surface area contributed by atoms with Crippen LogP contribution < -0.4 is 5.32 Å². The normalized spacial score (nSPS) is 17.0. The second-order valence-electron chi connectivity index (χ2n) is 6.90. The first-order valence-corrected chi connectivity index (χ1v) is 10.8. The molecule has 1 fully saturated rings. The molecule has 3 aromatic rings. The maximum absolute atomic E-state index is 13.0. The van der Waals surface area contributed by atoms with Gasteiger partial charge in [-0.05, 0) is 30.7 Å². The Morgan fingerprint density at radius 3 is 2.57 bits per heavy atom. The lowest BCUT2D eigenvalue weighted by atomic mass is 10.2. The standard InChI is InChI=1S/C20H21N5O4S/c1-29-20(26)21-16-7-9-18(10-8-16)30(27,28)24-12-11-17(13-24)25-14-19(22-23-25)15-5-3-2-4-6-15/h2-10,14,17H,11-13H2,1H3,(H,21,26). The van der Waals surface area contributed by atoms with Crippen LogP contribution in [0, 0.1) is 0 Å². The number of nitrogens with one attached hydrogen (secondary N) is 1. The third-order valence-electron chi connectivity index (χ3n) is 5.00. The highest BCUT2D eigenvalue weighted by Gasteiger charge is 2.34. The lowest BCUT2D eigenvalue weighted by molar-refractivity contribution is 0.187. The smallest absolute Gasteiger partial charge is 0.411 e. The van der Waals surface area contributed by atoms with Gasteiger partial charge in [0.05, 0.1) is 24.2 Å². The van der Waals surface area contributed by atoms with Crippen LogP contribution >= 0.6 is 0 Å². The Hall–Kier alpha value is -3.24. The Morgan fingerprint density at radius 2 is 1.87 bits per heavy atom. The molecule has 0 radical (unpaired) electrons. The third-order valence-corrected chi connectivity index (χ3v) is 6.88. The zero-order valence-electron chi connectivity index (χ0n) is 16.3. The van der Waals surface area contributed by atoms with E-state index in [4.69, 9.17) is 0 Å². The van der Waals surface area contributed by atoms with Gasteiger partial charge in [-0.2, -0.15) is 4.31 Å². The number of methoxy groups -OCH3 is 1. The number of hydrogen-bond acceptors (Lipinski definition) is 6. The molecule has 0 bridgehead atoms. The van der Waals surface area contributed by atoms with Crippen molar-refractivity contribution in [2.45, 2.75) is 17.4 Å². The molecule has 0 aliphatic carbocycles. The van der Waals surface area contributed by atoms with Crippen LogP contribution in [0.5, 0.6) is 0 Å². The third kappa shape index (κ3) is 4.05. The predicted octanol–water partition coefficient (Wildman–Crippen LogP) is 2.76. The average molecular weight is 427 g/mol. The molecule has 156 valence electrons.